The van der Waals surface area contributed by atoms with Gasteiger partial charge < -0.3 is 19.1 Å². The van der Waals surface area contributed by atoms with E-state index in [9.17, 15) is 23.2 Å². The number of carbonyl (C=O) groups excluding carboxylic acids is 1. The van der Waals surface area contributed by atoms with Crippen LogP contribution in [0.4, 0.5) is 24.1 Å². The third kappa shape index (κ3) is 4.99. The molecule has 3 aromatic heterocycles. The largest absolute Gasteiger partial charge is 0.480 e. The van der Waals surface area contributed by atoms with Gasteiger partial charge in [0.1, 0.15) is 18.2 Å². The van der Waals surface area contributed by atoms with E-state index in [2.05, 4.69) is 25.3 Å². The van der Waals surface area contributed by atoms with E-state index in [1.807, 2.05) is 11.0 Å². The fourth-order valence-electron chi connectivity index (χ4n) is 3.47. The van der Waals surface area contributed by atoms with Crippen LogP contribution in [0.2, 0.25) is 0 Å². The molecular weight excluding hydrogens is 503 g/mol. The van der Waals surface area contributed by atoms with Crippen molar-refractivity contribution < 1.29 is 32.2 Å². The Balaban J connectivity index is 1.71. The first-order chi connectivity index (χ1) is 17.3. The molecule has 1 fully saturated rings. The summed E-state index contributed by atoms with van der Waals surface area (Å²) in [6.07, 6.45) is -2.48. The molecule has 0 spiro atoms. The van der Waals surface area contributed by atoms with Gasteiger partial charge in [-0.25, -0.2) is 19.9 Å². The monoisotopic (exact) mass is 521 g/mol. The lowest BCUT2D eigenvalue weighted by Crippen LogP contribution is -2.37. The van der Waals surface area contributed by atoms with Gasteiger partial charge in [-0.2, -0.15) is 18.4 Å². The summed E-state index contributed by atoms with van der Waals surface area (Å²) in [6.45, 7) is 1.91. The molecule has 1 saturated heterocycles. The van der Waals surface area contributed by atoms with E-state index in [-0.39, 0.29) is 38.5 Å². The molecule has 0 atom stereocenters. The number of hydrogen-bond acceptors (Lipinski definition) is 11. The van der Waals surface area contributed by atoms with Crippen LogP contribution in [0.1, 0.15) is 21.6 Å². The summed E-state index contributed by atoms with van der Waals surface area (Å²) in [5.74, 6) is -0.779. The van der Waals surface area contributed by atoms with Crippen molar-refractivity contribution in [1.82, 2.24) is 19.9 Å². The number of morpholine rings is 1. The predicted octanol–water partition coefficient (Wildman–Crippen LogP) is 2.99. The topological polar surface area (TPSA) is 135 Å². The number of amides is 1. The Morgan fingerprint density at radius 3 is 2.44 bits per heavy atom. The van der Waals surface area contributed by atoms with Crippen LogP contribution in [-0.2, 0) is 10.9 Å². The Morgan fingerprint density at radius 1 is 1.19 bits per heavy atom. The Bertz CT molecular complexity index is 1300. The van der Waals surface area contributed by atoms with E-state index in [0.29, 0.717) is 43.5 Å². The van der Waals surface area contributed by atoms with Crippen molar-refractivity contribution in [2.75, 3.05) is 50.7 Å². The number of nitrogens with one attached hydrogen (secondary N) is 1. The summed E-state index contributed by atoms with van der Waals surface area (Å²) < 4.78 is 57.0. The molecule has 4 rings (SSSR count). The summed E-state index contributed by atoms with van der Waals surface area (Å²) in [5.41, 5.74) is -1.29. The minimum Gasteiger partial charge on any atom is -0.480 e. The van der Waals surface area contributed by atoms with Crippen LogP contribution in [0, 0.1) is 11.3 Å². The van der Waals surface area contributed by atoms with Gasteiger partial charge in [0.15, 0.2) is 16.4 Å². The predicted molar refractivity (Wildman–Crippen MR) is 121 cm³/mol. The first kappa shape index (κ1) is 25.1. The van der Waals surface area contributed by atoms with Crippen LogP contribution >= 0.6 is 11.3 Å². The third-order valence-electron chi connectivity index (χ3n) is 5.07. The van der Waals surface area contributed by atoms with Crippen molar-refractivity contribution in [3.05, 3.63) is 35.4 Å². The van der Waals surface area contributed by atoms with Gasteiger partial charge >= 0.3 is 6.18 Å². The number of halogens is 3. The maximum Gasteiger partial charge on any atom is 0.434 e. The van der Waals surface area contributed by atoms with Crippen LogP contribution in [0.15, 0.2) is 18.6 Å². The summed E-state index contributed by atoms with van der Waals surface area (Å²) in [4.78, 5) is 29.9. The highest BCUT2D eigenvalue weighted by atomic mass is 32.1. The minimum atomic E-state index is -4.84. The number of methoxy groups -OCH3 is 2. The molecule has 1 aliphatic rings. The van der Waals surface area contributed by atoms with Gasteiger partial charge in [-0.1, -0.05) is 11.3 Å². The van der Waals surface area contributed by atoms with Gasteiger partial charge in [0.2, 0.25) is 11.8 Å². The number of alkyl halides is 3. The Kier molecular flexibility index (Phi) is 7.17. The van der Waals surface area contributed by atoms with Crippen molar-refractivity contribution in [1.29, 1.82) is 5.26 Å². The average Bonchev–Trinajstić information content (AvgIpc) is 3.32. The molecule has 0 unspecified atom stereocenters. The highest BCUT2D eigenvalue weighted by molar-refractivity contribution is 7.19. The van der Waals surface area contributed by atoms with Crippen LogP contribution in [0.5, 0.6) is 11.8 Å². The molecular formula is C21H18F3N7O4S. The molecule has 36 heavy (non-hydrogen) atoms. The normalized spacial score (nSPS) is 13.7. The molecule has 0 aromatic carbocycles. The summed E-state index contributed by atoms with van der Waals surface area (Å²) in [7, 11) is 2.53. The van der Waals surface area contributed by atoms with Gasteiger partial charge in [-0.05, 0) is 6.07 Å². The molecule has 1 amide bonds. The zero-order chi connectivity index (χ0) is 25.9. The van der Waals surface area contributed by atoms with Gasteiger partial charge in [-0.3, -0.25) is 10.1 Å². The van der Waals surface area contributed by atoms with Gasteiger partial charge in [0.25, 0.3) is 5.91 Å². The average molecular weight is 521 g/mol. The number of nitriles is 1. The van der Waals surface area contributed by atoms with E-state index in [1.54, 1.807) is 0 Å². The second-order valence-electron chi connectivity index (χ2n) is 7.22. The van der Waals surface area contributed by atoms with Crippen molar-refractivity contribution in [3.63, 3.8) is 0 Å². The third-order valence-corrected chi connectivity index (χ3v) is 6.09. The molecule has 188 valence electrons. The fourth-order valence-corrected chi connectivity index (χ4v) is 4.43. The molecule has 4 heterocycles. The molecule has 1 aliphatic heterocycles. The fraction of sp³-hybridized carbons (Fsp3) is 0.333. The van der Waals surface area contributed by atoms with Gasteiger partial charge in [0.05, 0.1) is 37.9 Å². The Morgan fingerprint density at radius 2 is 1.86 bits per heavy atom. The molecule has 0 aliphatic carbocycles. The Labute approximate surface area is 206 Å². The zero-order valence-corrected chi connectivity index (χ0v) is 19.7. The number of rotatable bonds is 6. The lowest BCUT2D eigenvalue weighted by molar-refractivity contribution is -0.140. The molecule has 11 nitrogen and oxygen atoms in total. The van der Waals surface area contributed by atoms with Gasteiger partial charge in [0, 0.05) is 24.8 Å². The number of nitrogens with zero attached hydrogens (tertiary/aromatic N) is 6. The van der Waals surface area contributed by atoms with E-state index in [0.717, 1.165) is 6.33 Å². The quantitative estimate of drug-likeness (QED) is 0.516. The number of aromatic nitrogens is 4. The van der Waals surface area contributed by atoms with E-state index in [4.69, 9.17) is 14.2 Å². The number of ether oxygens (including phenoxy) is 3. The molecule has 3 aromatic rings. The van der Waals surface area contributed by atoms with Crippen LogP contribution in [0.25, 0.3) is 10.4 Å². The standard InChI is InChI=1S/C21H18F3N7O4S/c1-33-18-13(19(34-2)28-10-27-18)17(32)30-20-29-15(21(22,23)24)14(36-20)12-7-11(8-25)16(26-9-12)31-3-5-35-6-4-31/h7,9-10H,3-6H2,1-2H3,(H,29,30,32). The van der Waals surface area contributed by atoms with Crippen LogP contribution in [-0.4, -0.2) is 66.4 Å². The van der Waals surface area contributed by atoms with Crippen molar-refractivity contribution in [2.24, 2.45) is 0 Å². The summed E-state index contributed by atoms with van der Waals surface area (Å²) in [5, 5.41) is 11.6. The number of hydrogen-bond donors (Lipinski definition) is 1. The molecule has 0 bridgehead atoms. The van der Waals surface area contributed by atoms with Crippen LogP contribution < -0.4 is 19.7 Å². The first-order valence-corrected chi connectivity index (χ1v) is 11.1. The lowest BCUT2D eigenvalue weighted by Gasteiger charge is -2.28. The summed E-state index contributed by atoms with van der Waals surface area (Å²) in [6, 6.07) is 3.32. The van der Waals surface area contributed by atoms with Crippen LogP contribution in [0.3, 0.4) is 0 Å². The highest BCUT2D eigenvalue weighted by Crippen LogP contribution is 2.42. The smallest absolute Gasteiger partial charge is 0.434 e. The lowest BCUT2D eigenvalue weighted by atomic mass is 10.1. The number of anilines is 2. The zero-order valence-electron chi connectivity index (χ0n) is 18.9. The SMILES string of the molecule is COc1ncnc(OC)c1C(=O)Nc1nc(C(F)(F)F)c(-c2cnc(N3CCOCC3)c(C#N)c2)s1. The first-order valence-electron chi connectivity index (χ1n) is 10.3. The van der Waals surface area contributed by atoms with Crippen molar-refractivity contribution in [2.45, 2.75) is 6.18 Å². The highest BCUT2D eigenvalue weighted by Gasteiger charge is 2.39. The second kappa shape index (κ2) is 10.3. The molecule has 0 saturated carbocycles. The van der Waals surface area contributed by atoms with Crippen molar-refractivity contribution >= 4 is 28.2 Å². The number of pyridine rings is 1. The van der Waals surface area contributed by atoms with E-state index in [1.165, 1.54) is 26.5 Å². The van der Waals surface area contributed by atoms with Gasteiger partial charge in [-0.15, -0.1) is 0 Å². The minimum absolute atomic E-state index is 0.0343. The molecule has 0 radical (unpaired) electrons. The Hall–Kier alpha value is -4.03. The second-order valence-corrected chi connectivity index (χ2v) is 8.22. The molecule has 1 N–H and O–H groups in total. The van der Waals surface area contributed by atoms with E-state index < -0.39 is 17.8 Å². The maximum atomic E-state index is 13.9. The maximum absolute atomic E-state index is 13.9. The number of thiazole rings is 1. The number of carbonyl (C=O) groups is 1. The van der Waals surface area contributed by atoms with E-state index >= 15 is 0 Å². The summed E-state index contributed by atoms with van der Waals surface area (Å²) >= 11 is 0.581. The van der Waals surface area contributed by atoms with Crippen molar-refractivity contribution in [3.8, 4) is 28.3 Å². The molecule has 15 heteroatoms.